The number of carbonyl (C=O) groups excluding carboxylic acids is 1. The van der Waals surface area contributed by atoms with Gasteiger partial charge in [0.25, 0.3) is 5.91 Å². The van der Waals surface area contributed by atoms with E-state index in [2.05, 4.69) is 24.0 Å². The molecular formula is C15H19N3O2. The largest absolute Gasteiger partial charge is 0.472 e. The molecule has 2 aromatic rings. The van der Waals surface area contributed by atoms with Crippen molar-refractivity contribution >= 4 is 5.91 Å². The van der Waals surface area contributed by atoms with Crippen molar-refractivity contribution in [3.8, 4) is 11.3 Å². The quantitative estimate of drug-likeness (QED) is 0.931. The molecule has 1 aliphatic heterocycles. The van der Waals surface area contributed by atoms with Crippen molar-refractivity contribution < 1.29 is 9.21 Å². The summed E-state index contributed by atoms with van der Waals surface area (Å²) in [7, 11) is 0. The highest BCUT2D eigenvalue weighted by Crippen LogP contribution is 2.37. The Morgan fingerprint density at radius 2 is 2.20 bits per heavy atom. The minimum absolute atomic E-state index is 0.0322. The van der Waals surface area contributed by atoms with Gasteiger partial charge in [0.15, 0.2) is 0 Å². The minimum atomic E-state index is 0.0322. The first-order valence-electron chi connectivity index (χ1n) is 7.05. The predicted octanol–water partition coefficient (Wildman–Crippen LogP) is 2.93. The third-order valence-electron chi connectivity index (χ3n) is 4.46. The molecule has 0 spiro atoms. The van der Waals surface area contributed by atoms with Crippen molar-refractivity contribution in [3.05, 3.63) is 30.4 Å². The van der Waals surface area contributed by atoms with E-state index in [1.54, 1.807) is 18.6 Å². The molecule has 0 saturated carbocycles. The Bertz CT molecular complexity index is 588. The van der Waals surface area contributed by atoms with Gasteiger partial charge in [0.05, 0.1) is 18.2 Å². The van der Waals surface area contributed by atoms with E-state index in [1.807, 2.05) is 11.0 Å². The summed E-state index contributed by atoms with van der Waals surface area (Å²) in [6, 6.07) is 3.61. The van der Waals surface area contributed by atoms with E-state index in [-0.39, 0.29) is 5.91 Å². The molecule has 0 aromatic carbocycles. The third kappa shape index (κ3) is 2.03. The van der Waals surface area contributed by atoms with Crippen molar-refractivity contribution in [2.45, 2.75) is 26.7 Å². The second-order valence-electron chi connectivity index (χ2n) is 5.55. The van der Waals surface area contributed by atoms with Crippen LogP contribution >= 0.6 is 0 Å². The number of H-pyrrole nitrogens is 1. The molecule has 3 rings (SSSR count). The lowest BCUT2D eigenvalue weighted by molar-refractivity contribution is 0.000887. The number of aromatic amines is 1. The molecule has 1 amide bonds. The van der Waals surface area contributed by atoms with Gasteiger partial charge in [0.1, 0.15) is 5.69 Å². The van der Waals surface area contributed by atoms with Gasteiger partial charge >= 0.3 is 0 Å². The second-order valence-corrected chi connectivity index (χ2v) is 5.55. The van der Waals surface area contributed by atoms with Gasteiger partial charge in [-0.1, -0.05) is 13.8 Å². The molecule has 5 nitrogen and oxygen atoms in total. The first-order valence-corrected chi connectivity index (χ1v) is 7.05. The lowest BCUT2D eigenvalue weighted by atomic mass is 9.75. The zero-order valence-corrected chi connectivity index (χ0v) is 11.8. The molecule has 0 bridgehead atoms. The Hall–Kier alpha value is -2.04. The first-order chi connectivity index (χ1) is 9.67. The Kier molecular flexibility index (Phi) is 3.12. The first kappa shape index (κ1) is 13.0. The SMILES string of the molecule is CCC1(CC)CN(C(=O)c2cc(-c3ccoc3)n[nH]2)C1. The second kappa shape index (κ2) is 4.81. The normalized spacial score (nSPS) is 17.0. The maximum atomic E-state index is 12.4. The van der Waals surface area contributed by atoms with E-state index < -0.39 is 0 Å². The average molecular weight is 273 g/mol. The Balaban J connectivity index is 1.70. The van der Waals surface area contributed by atoms with Crippen LogP contribution in [0.1, 0.15) is 37.2 Å². The van der Waals surface area contributed by atoms with Gasteiger partial charge in [0, 0.05) is 24.1 Å². The van der Waals surface area contributed by atoms with Gasteiger partial charge < -0.3 is 9.32 Å². The fourth-order valence-electron chi connectivity index (χ4n) is 2.76. The van der Waals surface area contributed by atoms with Gasteiger partial charge in [-0.3, -0.25) is 9.89 Å². The van der Waals surface area contributed by atoms with E-state index in [0.717, 1.165) is 37.2 Å². The molecular weight excluding hydrogens is 254 g/mol. The molecule has 3 heterocycles. The molecule has 5 heteroatoms. The summed E-state index contributed by atoms with van der Waals surface area (Å²) in [5, 5.41) is 6.99. The average Bonchev–Trinajstić information content (AvgIpc) is 3.09. The minimum Gasteiger partial charge on any atom is -0.472 e. The number of hydrogen-bond donors (Lipinski definition) is 1. The molecule has 0 aliphatic carbocycles. The molecule has 1 saturated heterocycles. The fourth-order valence-corrected chi connectivity index (χ4v) is 2.76. The highest BCUT2D eigenvalue weighted by atomic mass is 16.3. The summed E-state index contributed by atoms with van der Waals surface area (Å²) in [5.41, 5.74) is 2.48. The van der Waals surface area contributed by atoms with Crippen molar-refractivity contribution in [2.24, 2.45) is 5.41 Å². The highest BCUT2D eigenvalue weighted by molar-refractivity contribution is 5.94. The lowest BCUT2D eigenvalue weighted by Crippen LogP contribution is -2.57. The summed E-state index contributed by atoms with van der Waals surface area (Å²) >= 11 is 0. The summed E-state index contributed by atoms with van der Waals surface area (Å²) in [4.78, 5) is 14.2. The van der Waals surface area contributed by atoms with Crippen LogP contribution in [-0.2, 0) is 0 Å². The summed E-state index contributed by atoms with van der Waals surface area (Å²) in [5.74, 6) is 0.0322. The third-order valence-corrected chi connectivity index (χ3v) is 4.46. The number of aromatic nitrogens is 2. The Labute approximate surface area is 118 Å². The Morgan fingerprint density at radius 3 is 2.80 bits per heavy atom. The summed E-state index contributed by atoms with van der Waals surface area (Å²) in [6.07, 6.45) is 5.46. The van der Waals surface area contributed by atoms with Crippen molar-refractivity contribution in [3.63, 3.8) is 0 Å². The maximum Gasteiger partial charge on any atom is 0.271 e. The van der Waals surface area contributed by atoms with Crippen molar-refractivity contribution in [2.75, 3.05) is 13.1 Å². The molecule has 2 aromatic heterocycles. The molecule has 0 atom stereocenters. The summed E-state index contributed by atoms with van der Waals surface area (Å²) < 4.78 is 5.03. The van der Waals surface area contributed by atoms with E-state index in [4.69, 9.17) is 4.42 Å². The molecule has 0 radical (unpaired) electrons. The van der Waals surface area contributed by atoms with E-state index in [9.17, 15) is 4.79 Å². The van der Waals surface area contributed by atoms with Crippen LogP contribution in [-0.4, -0.2) is 34.1 Å². The standard InChI is InChI=1S/C15H19N3O2/c1-3-15(4-2)9-18(10-15)14(19)13-7-12(16-17-13)11-5-6-20-8-11/h5-8H,3-4,9-10H2,1-2H3,(H,16,17). The smallest absolute Gasteiger partial charge is 0.271 e. The van der Waals surface area contributed by atoms with Crippen LogP contribution in [0.3, 0.4) is 0 Å². The molecule has 1 fully saturated rings. The van der Waals surface area contributed by atoms with Gasteiger partial charge in [-0.25, -0.2) is 0 Å². The number of rotatable bonds is 4. The van der Waals surface area contributed by atoms with Crippen LogP contribution < -0.4 is 0 Å². The zero-order valence-electron chi connectivity index (χ0n) is 11.8. The van der Waals surface area contributed by atoms with Gasteiger partial charge in [-0.2, -0.15) is 5.10 Å². The molecule has 106 valence electrons. The van der Waals surface area contributed by atoms with Gasteiger partial charge in [-0.05, 0) is 25.0 Å². The van der Waals surface area contributed by atoms with Crippen LogP contribution in [0.2, 0.25) is 0 Å². The monoisotopic (exact) mass is 273 g/mol. The van der Waals surface area contributed by atoms with Crippen LogP contribution in [0.25, 0.3) is 11.3 Å². The van der Waals surface area contributed by atoms with Gasteiger partial charge in [0.2, 0.25) is 0 Å². The molecule has 1 aliphatic rings. The number of nitrogens with one attached hydrogen (secondary N) is 1. The zero-order chi connectivity index (χ0) is 14.2. The van der Waals surface area contributed by atoms with Crippen molar-refractivity contribution in [1.82, 2.24) is 15.1 Å². The van der Waals surface area contributed by atoms with Crippen molar-refractivity contribution in [1.29, 1.82) is 0 Å². The maximum absolute atomic E-state index is 12.4. The predicted molar refractivity (Wildman–Crippen MR) is 75.2 cm³/mol. The number of furan rings is 1. The fraction of sp³-hybridized carbons (Fsp3) is 0.467. The number of nitrogens with zero attached hydrogens (tertiary/aromatic N) is 2. The number of amides is 1. The van der Waals surface area contributed by atoms with Crippen LogP contribution in [0.15, 0.2) is 29.1 Å². The van der Waals surface area contributed by atoms with E-state index in [1.165, 1.54) is 0 Å². The number of likely N-dealkylation sites (tertiary alicyclic amines) is 1. The van der Waals surface area contributed by atoms with Crippen LogP contribution in [0.5, 0.6) is 0 Å². The molecule has 1 N–H and O–H groups in total. The van der Waals surface area contributed by atoms with Crippen LogP contribution in [0, 0.1) is 5.41 Å². The topological polar surface area (TPSA) is 62.1 Å². The molecule has 0 unspecified atom stereocenters. The highest BCUT2D eigenvalue weighted by Gasteiger charge is 2.42. The summed E-state index contributed by atoms with van der Waals surface area (Å²) in [6.45, 7) is 6.08. The number of carbonyl (C=O) groups is 1. The lowest BCUT2D eigenvalue weighted by Gasteiger charge is -2.49. The number of hydrogen-bond acceptors (Lipinski definition) is 3. The Morgan fingerprint density at radius 1 is 1.45 bits per heavy atom. The van der Waals surface area contributed by atoms with Gasteiger partial charge in [-0.15, -0.1) is 0 Å². The van der Waals surface area contributed by atoms with E-state index in [0.29, 0.717) is 11.1 Å². The van der Waals surface area contributed by atoms with E-state index >= 15 is 0 Å². The molecule has 20 heavy (non-hydrogen) atoms. The van der Waals surface area contributed by atoms with Crippen LogP contribution in [0.4, 0.5) is 0 Å².